The first-order valence-electron chi connectivity index (χ1n) is 7.24. The number of fused-ring (bicyclic) bond motifs is 1. The number of aliphatic carboxylic acids is 1. The highest BCUT2D eigenvalue weighted by Gasteiger charge is 2.19. The molecule has 2 aromatic heterocycles. The highest BCUT2D eigenvalue weighted by atomic mass is 32.1. The van der Waals surface area contributed by atoms with Gasteiger partial charge in [0.1, 0.15) is 5.58 Å². The molecule has 0 amide bonds. The molecule has 1 aromatic carbocycles. The van der Waals surface area contributed by atoms with Crippen molar-refractivity contribution in [1.29, 1.82) is 0 Å². The zero-order valence-electron chi connectivity index (χ0n) is 13.2. The van der Waals surface area contributed by atoms with Crippen LogP contribution in [0.25, 0.3) is 27.8 Å². The average Bonchev–Trinajstić information content (AvgIpc) is 3.10. The van der Waals surface area contributed by atoms with E-state index in [1.807, 2.05) is 24.3 Å². The van der Waals surface area contributed by atoms with E-state index in [9.17, 15) is 4.79 Å². The predicted octanol–water partition coefficient (Wildman–Crippen LogP) is 4.95. The fourth-order valence-electron chi connectivity index (χ4n) is 2.17. The van der Waals surface area contributed by atoms with E-state index in [1.54, 1.807) is 17.4 Å². The monoisotopic (exact) mass is 327 g/mol. The molecule has 1 N–H and O–H groups in total. The molecule has 0 fully saturated rings. The second-order valence-electron chi connectivity index (χ2n) is 6.37. The molecule has 3 rings (SSSR count). The number of benzene rings is 1. The summed E-state index contributed by atoms with van der Waals surface area (Å²) >= 11 is 1.57. The first-order valence-corrected chi connectivity index (χ1v) is 8.12. The highest BCUT2D eigenvalue weighted by molar-refractivity contribution is 7.13. The van der Waals surface area contributed by atoms with Crippen molar-refractivity contribution in [3.63, 3.8) is 0 Å². The SMILES string of the molecule is CC(C)(C)c1csc(-c2cc3cc(/C=C/C(=O)O)ccc3o2)n1. The zero-order chi connectivity index (χ0) is 16.6. The van der Waals surface area contributed by atoms with Crippen LogP contribution in [0.2, 0.25) is 0 Å². The Morgan fingerprint density at radius 2 is 2.09 bits per heavy atom. The third-order valence-corrected chi connectivity index (χ3v) is 4.30. The third-order valence-electron chi connectivity index (χ3n) is 3.44. The zero-order valence-corrected chi connectivity index (χ0v) is 14.0. The maximum atomic E-state index is 10.6. The van der Waals surface area contributed by atoms with Gasteiger partial charge >= 0.3 is 5.97 Å². The van der Waals surface area contributed by atoms with Gasteiger partial charge in [0.05, 0.1) is 5.69 Å². The van der Waals surface area contributed by atoms with Crippen LogP contribution in [0.15, 0.2) is 40.1 Å². The minimum absolute atomic E-state index is 0.00949. The second kappa shape index (κ2) is 5.66. The Balaban J connectivity index is 1.97. The highest BCUT2D eigenvalue weighted by Crippen LogP contribution is 2.33. The lowest BCUT2D eigenvalue weighted by atomic mass is 9.93. The first kappa shape index (κ1) is 15.5. The summed E-state index contributed by atoms with van der Waals surface area (Å²) in [6.45, 7) is 6.39. The van der Waals surface area contributed by atoms with E-state index in [1.165, 1.54) is 0 Å². The van der Waals surface area contributed by atoms with Crippen LogP contribution >= 0.6 is 11.3 Å². The minimum Gasteiger partial charge on any atom is -0.478 e. The van der Waals surface area contributed by atoms with Crippen LogP contribution in [0.4, 0.5) is 0 Å². The Hall–Kier alpha value is -2.40. The molecule has 0 saturated carbocycles. The van der Waals surface area contributed by atoms with Gasteiger partial charge in [-0.2, -0.15) is 0 Å². The lowest BCUT2D eigenvalue weighted by Crippen LogP contribution is -2.11. The van der Waals surface area contributed by atoms with Gasteiger partial charge in [0.15, 0.2) is 10.8 Å². The van der Waals surface area contributed by atoms with E-state index < -0.39 is 5.97 Å². The topological polar surface area (TPSA) is 63.3 Å². The van der Waals surface area contributed by atoms with E-state index in [0.717, 1.165) is 39.1 Å². The van der Waals surface area contributed by atoms with Crippen LogP contribution in [0.5, 0.6) is 0 Å². The Labute approximate surface area is 138 Å². The van der Waals surface area contributed by atoms with E-state index in [-0.39, 0.29) is 5.41 Å². The summed E-state index contributed by atoms with van der Waals surface area (Å²) in [5.74, 6) is -0.227. The summed E-state index contributed by atoms with van der Waals surface area (Å²) < 4.78 is 5.87. The van der Waals surface area contributed by atoms with Gasteiger partial charge in [-0.25, -0.2) is 9.78 Å². The maximum absolute atomic E-state index is 10.6. The van der Waals surface area contributed by atoms with Crippen molar-refractivity contribution in [2.45, 2.75) is 26.2 Å². The van der Waals surface area contributed by atoms with E-state index in [0.29, 0.717) is 0 Å². The maximum Gasteiger partial charge on any atom is 0.328 e. The summed E-state index contributed by atoms with van der Waals surface area (Å²) in [5, 5.41) is 12.5. The van der Waals surface area contributed by atoms with Gasteiger partial charge in [-0.1, -0.05) is 26.8 Å². The number of thiazole rings is 1. The van der Waals surface area contributed by atoms with Crippen LogP contribution in [-0.4, -0.2) is 16.1 Å². The molecule has 0 unspecified atom stereocenters. The number of aromatic nitrogens is 1. The van der Waals surface area contributed by atoms with Crippen molar-refractivity contribution in [1.82, 2.24) is 4.98 Å². The normalized spacial score (nSPS) is 12.3. The Morgan fingerprint density at radius 1 is 1.30 bits per heavy atom. The van der Waals surface area contributed by atoms with Gasteiger partial charge < -0.3 is 9.52 Å². The molecule has 0 aliphatic carbocycles. The lowest BCUT2D eigenvalue weighted by molar-refractivity contribution is -0.131. The summed E-state index contributed by atoms with van der Waals surface area (Å²) in [6.07, 6.45) is 2.69. The van der Waals surface area contributed by atoms with Crippen LogP contribution in [-0.2, 0) is 10.2 Å². The van der Waals surface area contributed by atoms with Gasteiger partial charge in [0.25, 0.3) is 0 Å². The van der Waals surface area contributed by atoms with Gasteiger partial charge in [-0.3, -0.25) is 0 Å². The minimum atomic E-state index is -0.963. The van der Waals surface area contributed by atoms with Crippen molar-refractivity contribution in [2.75, 3.05) is 0 Å². The van der Waals surface area contributed by atoms with Crippen molar-refractivity contribution < 1.29 is 14.3 Å². The van der Waals surface area contributed by atoms with Crippen LogP contribution in [0.1, 0.15) is 32.0 Å². The van der Waals surface area contributed by atoms with Crippen LogP contribution in [0, 0.1) is 0 Å². The number of carboxylic acid groups (broad SMARTS) is 1. The molecule has 0 spiro atoms. The third kappa shape index (κ3) is 3.35. The van der Waals surface area contributed by atoms with Crippen LogP contribution < -0.4 is 0 Å². The number of carbonyl (C=O) groups is 1. The van der Waals surface area contributed by atoms with Crippen molar-refractivity contribution in [2.24, 2.45) is 0 Å². The van der Waals surface area contributed by atoms with Crippen molar-refractivity contribution in [3.05, 3.63) is 47.0 Å². The number of hydrogen-bond acceptors (Lipinski definition) is 4. The van der Waals surface area contributed by atoms with E-state index >= 15 is 0 Å². The number of nitrogens with zero attached hydrogens (tertiary/aromatic N) is 1. The quantitative estimate of drug-likeness (QED) is 0.691. The summed E-state index contributed by atoms with van der Waals surface area (Å²) in [6, 6.07) is 7.52. The molecule has 0 saturated heterocycles. The fraction of sp³-hybridized carbons (Fsp3) is 0.222. The van der Waals surface area contributed by atoms with E-state index in [2.05, 4.69) is 31.1 Å². The smallest absolute Gasteiger partial charge is 0.328 e. The standard InChI is InChI=1S/C18H17NO3S/c1-18(2,3)15-10-23-17(19-15)14-9-12-8-11(5-7-16(20)21)4-6-13(12)22-14/h4-10H,1-3H3,(H,20,21)/b7-5+. The molecule has 0 aliphatic heterocycles. The van der Waals surface area contributed by atoms with Gasteiger partial charge in [-0.15, -0.1) is 11.3 Å². The summed E-state index contributed by atoms with van der Waals surface area (Å²) in [4.78, 5) is 15.3. The van der Waals surface area contributed by atoms with Gasteiger partial charge in [-0.05, 0) is 29.8 Å². The molecule has 3 aromatic rings. The lowest BCUT2D eigenvalue weighted by Gasteiger charge is -2.13. The largest absolute Gasteiger partial charge is 0.478 e. The Kier molecular flexibility index (Phi) is 3.82. The molecule has 0 bridgehead atoms. The Bertz CT molecular complexity index is 897. The van der Waals surface area contributed by atoms with Gasteiger partial charge in [0.2, 0.25) is 0 Å². The Morgan fingerprint density at radius 3 is 2.74 bits per heavy atom. The number of hydrogen-bond donors (Lipinski definition) is 1. The summed E-state index contributed by atoms with van der Waals surface area (Å²) in [5.41, 5.74) is 2.64. The summed E-state index contributed by atoms with van der Waals surface area (Å²) in [7, 11) is 0. The molecule has 4 nitrogen and oxygen atoms in total. The molecular formula is C18H17NO3S. The van der Waals surface area contributed by atoms with Crippen molar-refractivity contribution >= 4 is 34.4 Å². The van der Waals surface area contributed by atoms with Gasteiger partial charge in [0, 0.05) is 22.3 Å². The average molecular weight is 327 g/mol. The second-order valence-corrected chi connectivity index (χ2v) is 7.23. The molecule has 0 aliphatic rings. The van der Waals surface area contributed by atoms with Crippen molar-refractivity contribution in [3.8, 4) is 10.8 Å². The molecule has 5 heteroatoms. The first-order chi connectivity index (χ1) is 10.8. The molecule has 0 atom stereocenters. The number of rotatable bonds is 3. The number of furan rings is 1. The molecule has 23 heavy (non-hydrogen) atoms. The fourth-order valence-corrected chi connectivity index (χ4v) is 3.17. The number of carboxylic acids is 1. The van der Waals surface area contributed by atoms with E-state index in [4.69, 9.17) is 9.52 Å². The van der Waals surface area contributed by atoms with Crippen LogP contribution in [0.3, 0.4) is 0 Å². The molecule has 0 radical (unpaired) electrons. The predicted molar refractivity (Wildman–Crippen MR) is 92.7 cm³/mol. The molecule has 2 heterocycles. The molecular weight excluding hydrogens is 310 g/mol. The molecule has 118 valence electrons.